The first kappa shape index (κ1) is 22.9. The minimum atomic E-state index is -4.09. The number of phosphoric acid groups is 1. The summed E-state index contributed by atoms with van der Waals surface area (Å²) in [6.07, 6.45) is 0. The topological polar surface area (TPSA) is 44.8 Å². The summed E-state index contributed by atoms with van der Waals surface area (Å²) in [6.45, 7) is 10.3. The molecule has 0 saturated carbocycles. The highest BCUT2D eigenvalue weighted by Gasteiger charge is 2.34. The van der Waals surface area contributed by atoms with Crippen LogP contribution in [0, 0.1) is 13.8 Å². The molecule has 1 atom stereocenters. The highest BCUT2D eigenvalue weighted by molar-refractivity contribution is 7.49. The minimum absolute atomic E-state index is 0.00279. The number of aryl methyl sites for hydroxylation is 2. The summed E-state index contributed by atoms with van der Waals surface area (Å²) in [4.78, 5) is 0. The van der Waals surface area contributed by atoms with E-state index in [0.717, 1.165) is 27.5 Å². The molecule has 0 aromatic heterocycles. The van der Waals surface area contributed by atoms with E-state index in [0.29, 0.717) is 17.2 Å². The third-order valence-corrected chi connectivity index (χ3v) is 6.71. The number of phosphoric ester groups is 1. The summed E-state index contributed by atoms with van der Waals surface area (Å²) < 4.78 is 31.9. The van der Waals surface area contributed by atoms with E-state index in [1.54, 1.807) is 24.3 Å². The molecule has 0 fully saturated rings. The van der Waals surface area contributed by atoms with Crippen LogP contribution in [-0.2, 0) is 9.98 Å². The van der Waals surface area contributed by atoms with Gasteiger partial charge in [-0.2, -0.15) is 4.57 Å². The Morgan fingerprint density at radius 1 is 0.697 bits per heavy atom. The number of rotatable bonds is 6. The average molecular weight is 461 g/mol. The summed E-state index contributed by atoms with van der Waals surface area (Å²) in [5.41, 5.74) is 3.08. The molecule has 5 heteroatoms. The normalized spacial score (nSPS) is 13.4. The number of hydrogen-bond acceptors (Lipinski definition) is 4. The van der Waals surface area contributed by atoms with Crippen molar-refractivity contribution in [2.24, 2.45) is 0 Å². The molecule has 0 amide bonds. The van der Waals surface area contributed by atoms with Gasteiger partial charge in [-0.25, -0.2) is 0 Å². The largest absolute Gasteiger partial charge is 0.647 e. The van der Waals surface area contributed by atoms with Crippen molar-refractivity contribution in [2.75, 3.05) is 0 Å². The molecule has 0 N–H and O–H groups in total. The van der Waals surface area contributed by atoms with E-state index in [1.807, 2.05) is 74.5 Å². The van der Waals surface area contributed by atoms with Gasteiger partial charge in [-0.1, -0.05) is 87.0 Å². The van der Waals surface area contributed by atoms with E-state index >= 15 is 0 Å². The van der Waals surface area contributed by atoms with Crippen LogP contribution in [-0.4, -0.2) is 0 Å². The number of hydrogen-bond donors (Lipinski definition) is 0. The summed E-state index contributed by atoms with van der Waals surface area (Å²) >= 11 is 0. The first-order valence-corrected chi connectivity index (χ1v) is 12.4. The van der Waals surface area contributed by atoms with E-state index in [-0.39, 0.29) is 5.41 Å². The summed E-state index contributed by atoms with van der Waals surface area (Å²) in [6, 6.07) is 26.6. The third-order valence-electron chi connectivity index (χ3n) is 5.44. The minimum Gasteiger partial charge on any atom is -0.386 e. The molecule has 0 radical (unpaired) electrons. The molecule has 0 bridgehead atoms. The fraction of sp³-hybridized carbons (Fsp3) is 0.214. The van der Waals surface area contributed by atoms with E-state index in [9.17, 15) is 4.57 Å². The predicted molar refractivity (Wildman–Crippen MR) is 134 cm³/mol. The van der Waals surface area contributed by atoms with Crippen LogP contribution in [0.2, 0.25) is 0 Å². The molecule has 4 nitrogen and oxygen atoms in total. The Morgan fingerprint density at radius 2 is 1.36 bits per heavy atom. The van der Waals surface area contributed by atoms with Gasteiger partial charge in [-0.05, 0) is 60.0 Å². The van der Waals surface area contributed by atoms with Gasteiger partial charge in [0.05, 0.1) is 0 Å². The van der Waals surface area contributed by atoms with Crippen LogP contribution in [0.1, 0.15) is 37.5 Å². The third kappa shape index (κ3) is 5.40. The molecule has 1 unspecified atom stereocenters. The lowest BCUT2D eigenvalue weighted by Crippen LogP contribution is -2.11. The lowest BCUT2D eigenvalue weighted by molar-refractivity contribution is 0.299. The smallest absolute Gasteiger partial charge is 0.386 e. The van der Waals surface area contributed by atoms with Crippen LogP contribution in [0.3, 0.4) is 0 Å². The van der Waals surface area contributed by atoms with Gasteiger partial charge in [0.1, 0.15) is 17.2 Å². The summed E-state index contributed by atoms with van der Waals surface area (Å²) in [7, 11) is -4.09. The molecular formula is C28H29O4P. The van der Waals surface area contributed by atoms with Gasteiger partial charge >= 0.3 is 7.82 Å². The molecule has 0 spiro atoms. The zero-order valence-corrected chi connectivity index (χ0v) is 20.6. The molecule has 0 aliphatic carbocycles. The molecule has 170 valence electrons. The second-order valence-corrected chi connectivity index (χ2v) is 10.7. The van der Waals surface area contributed by atoms with E-state index < -0.39 is 7.82 Å². The van der Waals surface area contributed by atoms with Crippen molar-refractivity contribution in [3.05, 3.63) is 102 Å². The Kier molecular flexibility index (Phi) is 6.23. The Morgan fingerprint density at radius 3 is 2.06 bits per heavy atom. The lowest BCUT2D eigenvalue weighted by atomic mass is 9.87. The molecule has 0 aliphatic heterocycles. The molecule has 0 heterocycles. The van der Waals surface area contributed by atoms with E-state index in [4.69, 9.17) is 13.6 Å². The second kappa shape index (κ2) is 8.96. The summed E-state index contributed by atoms with van der Waals surface area (Å²) in [5, 5.41) is 1.80. The van der Waals surface area contributed by atoms with Crippen molar-refractivity contribution < 1.29 is 18.1 Å². The molecule has 4 aromatic rings. The summed E-state index contributed by atoms with van der Waals surface area (Å²) in [5.74, 6) is 1.30. The van der Waals surface area contributed by atoms with Crippen molar-refractivity contribution in [3.63, 3.8) is 0 Å². The van der Waals surface area contributed by atoms with E-state index in [2.05, 4.69) is 20.8 Å². The second-order valence-electron chi connectivity index (χ2n) is 9.24. The number of benzene rings is 4. The van der Waals surface area contributed by atoms with Gasteiger partial charge in [-0.15, -0.1) is 0 Å². The average Bonchev–Trinajstić information content (AvgIpc) is 2.76. The zero-order chi connectivity index (χ0) is 23.6. The fourth-order valence-electron chi connectivity index (χ4n) is 3.62. The highest BCUT2D eigenvalue weighted by atomic mass is 31.2. The molecule has 0 aliphatic rings. The van der Waals surface area contributed by atoms with Crippen molar-refractivity contribution in [1.82, 2.24) is 0 Å². The monoisotopic (exact) mass is 460 g/mol. The zero-order valence-electron chi connectivity index (χ0n) is 19.7. The lowest BCUT2D eigenvalue weighted by Gasteiger charge is -2.22. The maximum Gasteiger partial charge on any atom is 0.647 e. The Hall–Kier alpha value is -3.23. The van der Waals surface area contributed by atoms with Gasteiger partial charge in [-0.3, -0.25) is 0 Å². The van der Waals surface area contributed by atoms with Crippen molar-refractivity contribution in [3.8, 4) is 17.2 Å². The SMILES string of the molecule is Cc1ccc(OP(=O)(Oc2ccc(C(C)(C)C)cc2)Oc2cccc3ccccc23)c(C)c1. The molecule has 33 heavy (non-hydrogen) atoms. The molecule has 4 aromatic carbocycles. The van der Waals surface area contributed by atoms with Crippen molar-refractivity contribution in [1.29, 1.82) is 0 Å². The van der Waals surface area contributed by atoms with Gasteiger partial charge in [0.25, 0.3) is 0 Å². The quantitative estimate of drug-likeness (QED) is 0.271. The molecule has 4 rings (SSSR count). The first-order valence-electron chi connectivity index (χ1n) is 11.0. The van der Waals surface area contributed by atoms with Crippen LogP contribution in [0.5, 0.6) is 17.2 Å². The standard InChI is InChI=1S/C28H29O4P/c1-20-13-18-26(21(2)19-20)31-33(29,30-24-16-14-23(15-17-24)28(3,4)5)32-27-12-8-10-22-9-6-7-11-25(22)27/h6-19H,1-5H3. The maximum atomic E-state index is 14.0. The maximum absolute atomic E-state index is 14.0. The van der Waals surface area contributed by atoms with Gasteiger partial charge < -0.3 is 13.6 Å². The van der Waals surface area contributed by atoms with E-state index in [1.165, 1.54) is 0 Å². The first-order chi connectivity index (χ1) is 15.6. The van der Waals surface area contributed by atoms with Crippen LogP contribution in [0.15, 0.2) is 84.9 Å². The van der Waals surface area contributed by atoms with Crippen molar-refractivity contribution in [2.45, 2.75) is 40.0 Å². The Bertz CT molecular complexity index is 1310. The van der Waals surface area contributed by atoms with Crippen LogP contribution >= 0.6 is 7.82 Å². The highest BCUT2D eigenvalue weighted by Crippen LogP contribution is 2.51. The molecular weight excluding hydrogens is 431 g/mol. The van der Waals surface area contributed by atoms with Crippen LogP contribution < -0.4 is 13.6 Å². The van der Waals surface area contributed by atoms with Crippen molar-refractivity contribution >= 4 is 18.6 Å². The van der Waals surface area contributed by atoms with Crippen LogP contribution in [0.25, 0.3) is 10.8 Å². The van der Waals surface area contributed by atoms with Gasteiger partial charge in [0.15, 0.2) is 0 Å². The Labute approximate surface area is 195 Å². The number of fused-ring (bicyclic) bond motifs is 1. The van der Waals surface area contributed by atoms with Gasteiger partial charge in [0.2, 0.25) is 0 Å². The van der Waals surface area contributed by atoms with Gasteiger partial charge in [0, 0.05) is 5.39 Å². The molecule has 0 saturated heterocycles. The Balaban J connectivity index is 1.72. The fourth-order valence-corrected chi connectivity index (χ4v) is 4.96. The van der Waals surface area contributed by atoms with Crippen LogP contribution in [0.4, 0.5) is 0 Å². The predicted octanol–water partition coefficient (Wildman–Crippen LogP) is 8.40.